The number of hydrogen-bond donors (Lipinski definition) is 2. The fourth-order valence-electron chi connectivity index (χ4n) is 0.497. The van der Waals surface area contributed by atoms with Gasteiger partial charge in [0.2, 0.25) is 0 Å². The van der Waals surface area contributed by atoms with Gasteiger partial charge in [-0.1, -0.05) is 20.3 Å². The Hall–Kier alpha value is 0.196. The SMILES string of the molecule is CC[C@H](C)[C@H](N)C(=O)O.[H-].[H-].[Mg+2]. The van der Waals surface area contributed by atoms with Gasteiger partial charge in [0.25, 0.3) is 0 Å². The van der Waals surface area contributed by atoms with Crippen LogP contribution in [0, 0.1) is 5.92 Å². The first-order valence-electron chi connectivity index (χ1n) is 3.08. The van der Waals surface area contributed by atoms with Gasteiger partial charge < -0.3 is 13.7 Å². The molecule has 10 heavy (non-hydrogen) atoms. The molecule has 0 aliphatic rings. The molecule has 0 aliphatic heterocycles. The summed E-state index contributed by atoms with van der Waals surface area (Å²) in [7, 11) is 0. The minimum absolute atomic E-state index is 0. The largest absolute Gasteiger partial charge is 2.00 e. The van der Waals surface area contributed by atoms with Crippen LogP contribution >= 0.6 is 0 Å². The van der Waals surface area contributed by atoms with Gasteiger partial charge in [0.1, 0.15) is 6.04 Å². The fraction of sp³-hybridized carbons (Fsp3) is 0.833. The van der Waals surface area contributed by atoms with Gasteiger partial charge in [0.15, 0.2) is 0 Å². The number of hydrogen-bond acceptors (Lipinski definition) is 2. The van der Waals surface area contributed by atoms with Crippen molar-refractivity contribution >= 4 is 29.0 Å². The summed E-state index contributed by atoms with van der Waals surface area (Å²) in [6.07, 6.45) is 0.813. The number of carboxylic acid groups (broad SMARTS) is 1. The number of rotatable bonds is 3. The normalized spacial score (nSPS) is 15.1. The van der Waals surface area contributed by atoms with Crippen LogP contribution in [0.2, 0.25) is 0 Å². The number of carbonyl (C=O) groups is 1. The first-order chi connectivity index (χ1) is 4.09. The van der Waals surface area contributed by atoms with Gasteiger partial charge in [0.05, 0.1) is 0 Å². The van der Waals surface area contributed by atoms with Gasteiger partial charge in [-0.15, -0.1) is 0 Å². The van der Waals surface area contributed by atoms with Crippen molar-refractivity contribution in [2.45, 2.75) is 26.3 Å². The molecule has 0 spiro atoms. The van der Waals surface area contributed by atoms with E-state index in [2.05, 4.69) is 0 Å². The van der Waals surface area contributed by atoms with Crippen LogP contribution in [0.4, 0.5) is 0 Å². The third kappa shape index (κ3) is 4.08. The Balaban J connectivity index is -0.000000107. The Labute approximate surface area is 80.1 Å². The number of carboxylic acids is 1. The molecule has 0 aromatic carbocycles. The average Bonchev–Trinajstić information content (AvgIpc) is 1.84. The maximum atomic E-state index is 10.2. The third-order valence-corrected chi connectivity index (χ3v) is 1.54. The van der Waals surface area contributed by atoms with Gasteiger partial charge in [-0.2, -0.15) is 0 Å². The zero-order chi connectivity index (χ0) is 7.44. The van der Waals surface area contributed by atoms with Crippen LogP contribution in [-0.4, -0.2) is 40.2 Å². The number of nitrogens with two attached hydrogens (primary N) is 1. The van der Waals surface area contributed by atoms with Gasteiger partial charge in [-0.3, -0.25) is 4.79 Å². The van der Waals surface area contributed by atoms with Crippen LogP contribution < -0.4 is 5.73 Å². The standard InChI is InChI=1S/C6H13NO2.Mg.2H/c1-3-4(2)5(7)6(8)9;;;/h4-5H,3,7H2,1-2H3,(H,8,9);;;/q;+2;2*-1/t4-,5-;;;/m0.../s1. The zero-order valence-electron chi connectivity index (χ0n) is 8.50. The molecular weight excluding hydrogens is 142 g/mol. The van der Waals surface area contributed by atoms with Crippen LogP contribution in [0.1, 0.15) is 23.1 Å². The molecule has 3 nitrogen and oxygen atoms in total. The summed E-state index contributed by atoms with van der Waals surface area (Å²) in [4.78, 5) is 10.2. The molecule has 0 saturated carbocycles. The van der Waals surface area contributed by atoms with E-state index < -0.39 is 12.0 Å². The van der Waals surface area contributed by atoms with Crippen LogP contribution in [0.15, 0.2) is 0 Å². The maximum Gasteiger partial charge on any atom is 2.00 e. The van der Waals surface area contributed by atoms with Crippen molar-refractivity contribution in [3.63, 3.8) is 0 Å². The topological polar surface area (TPSA) is 63.3 Å². The number of aliphatic carboxylic acids is 1. The van der Waals surface area contributed by atoms with Crippen molar-refractivity contribution in [2.24, 2.45) is 11.7 Å². The Morgan fingerprint density at radius 3 is 2.30 bits per heavy atom. The van der Waals surface area contributed by atoms with Gasteiger partial charge in [0, 0.05) is 0 Å². The molecule has 0 radical (unpaired) electrons. The van der Waals surface area contributed by atoms with Gasteiger partial charge >= 0.3 is 29.0 Å². The monoisotopic (exact) mass is 157 g/mol. The molecule has 58 valence electrons. The van der Waals surface area contributed by atoms with E-state index in [1.165, 1.54) is 0 Å². The zero-order valence-corrected chi connectivity index (χ0v) is 7.92. The van der Waals surface area contributed by atoms with Crippen LogP contribution in [0.5, 0.6) is 0 Å². The quantitative estimate of drug-likeness (QED) is 0.579. The second kappa shape index (κ2) is 5.94. The molecule has 2 atom stereocenters. The predicted octanol–water partition coefficient (Wildman–Crippen LogP) is 0.289. The van der Waals surface area contributed by atoms with Gasteiger partial charge in [-0.25, -0.2) is 0 Å². The van der Waals surface area contributed by atoms with Crippen LogP contribution in [0.3, 0.4) is 0 Å². The smallest absolute Gasteiger partial charge is 1.00 e. The van der Waals surface area contributed by atoms with Crippen molar-refractivity contribution in [1.29, 1.82) is 0 Å². The van der Waals surface area contributed by atoms with E-state index >= 15 is 0 Å². The first-order valence-corrected chi connectivity index (χ1v) is 3.08. The summed E-state index contributed by atoms with van der Waals surface area (Å²) in [6, 6.07) is -0.699. The molecule has 0 unspecified atom stereocenters. The van der Waals surface area contributed by atoms with Gasteiger partial charge in [-0.05, 0) is 5.92 Å². The van der Waals surface area contributed by atoms with Crippen LogP contribution in [-0.2, 0) is 4.79 Å². The molecule has 0 aromatic rings. The van der Waals surface area contributed by atoms with Crippen molar-refractivity contribution in [3.05, 3.63) is 0 Å². The molecule has 4 heteroatoms. The second-order valence-electron chi connectivity index (χ2n) is 2.25. The van der Waals surface area contributed by atoms with Crippen LogP contribution in [0.25, 0.3) is 0 Å². The van der Waals surface area contributed by atoms with E-state index in [1.807, 2.05) is 13.8 Å². The Bertz CT molecular complexity index is 116. The van der Waals surface area contributed by atoms with E-state index in [0.29, 0.717) is 0 Å². The molecule has 0 bridgehead atoms. The van der Waals surface area contributed by atoms with E-state index in [0.717, 1.165) is 6.42 Å². The third-order valence-electron chi connectivity index (χ3n) is 1.54. The molecular formula is C6H15MgNO2. The summed E-state index contributed by atoms with van der Waals surface area (Å²) in [5, 5.41) is 8.36. The first kappa shape index (κ1) is 12.8. The average molecular weight is 157 g/mol. The minimum atomic E-state index is -0.913. The summed E-state index contributed by atoms with van der Waals surface area (Å²) < 4.78 is 0. The summed E-state index contributed by atoms with van der Waals surface area (Å²) in [5.41, 5.74) is 5.27. The second-order valence-corrected chi connectivity index (χ2v) is 2.25. The molecule has 3 N–H and O–H groups in total. The molecule has 0 heterocycles. The van der Waals surface area contributed by atoms with Crippen molar-refractivity contribution in [3.8, 4) is 0 Å². The van der Waals surface area contributed by atoms with E-state index in [4.69, 9.17) is 10.8 Å². The summed E-state index contributed by atoms with van der Waals surface area (Å²) in [5.74, 6) is -0.841. The minimum Gasteiger partial charge on any atom is -1.00 e. The Morgan fingerprint density at radius 1 is 1.80 bits per heavy atom. The molecule has 0 saturated heterocycles. The Morgan fingerprint density at radius 2 is 2.20 bits per heavy atom. The predicted molar refractivity (Wildman–Crippen MR) is 43.0 cm³/mol. The summed E-state index contributed by atoms with van der Waals surface area (Å²) in [6.45, 7) is 3.76. The van der Waals surface area contributed by atoms with E-state index in [-0.39, 0.29) is 31.8 Å². The van der Waals surface area contributed by atoms with Crippen molar-refractivity contribution < 1.29 is 12.8 Å². The maximum absolute atomic E-state index is 10.2. The van der Waals surface area contributed by atoms with E-state index in [9.17, 15) is 4.79 Å². The van der Waals surface area contributed by atoms with Crippen molar-refractivity contribution in [1.82, 2.24) is 0 Å². The molecule has 0 rings (SSSR count). The fourth-order valence-corrected chi connectivity index (χ4v) is 0.497. The molecule has 0 aliphatic carbocycles. The van der Waals surface area contributed by atoms with E-state index in [1.54, 1.807) is 0 Å². The molecule has 0 aromatic heterocycles. The Kier molecular flexibility index (Phi) is 7.63. The van der Waals surface area contributed by atoms with Crippen molar-refractivity contribution in [2.75, 3.05) is 0 Å². The molecule has 0 fully saturated rings. The molecule has 0 amide bonds. The summed E-state index contributed by atoms with van der Waals surface area (Å²) >= 11 is 0.